The van der Waals surface area contributed by atoms with Crippen molar-refractivity contribution in [2.45, 2.75) is 51.1 Å². The molecule has 27 heavy (non-hydrogen) atoms. The summed E-state index contributed by atoms with van der Waals surface area (Å²) in [6.07, 6.45) is 6.35. The van der Waals surface area contributed by atoms with Gasteiger partial charge >= 0.3 is 0 Å². The van der Waals surface area contributed by atoms with E-state index in [0.29, 0.717) is 43.8 Å². The van der Waals surface area contributed by atoms with E-state index in [1.54, 1.807) is 6.92 Å². The van der Waals surface area contributed by atoms with Crippen molar-refractivity contribution in [3.8, 4) is 0 Å². The fourth-order valence-electron chi connectivity index (χ4n) is 5.33. The zero-order valence-electron chi connectivity index (χ0n) is 16.3. The van der Waals surface area contributed by atoms with Crippen molar-refractivity contribution in [2.24, 2.45) is 5.92 Å². The van der Waals surface area contributed by atoms with Gasteiger partial charge in [0.25, 0.3) is 0 Å². The van der Waals surface area contributed by atoms with Gasteiger partial charge in [-0.2, -0.15) is 0 Å². The number of hydrogen-bond acceptors (Lipinski definition) is 6. The molecular formula is C20H32N4O3. The Kier molecular flexibility index (Phi) is 5.41. The molecule has 2 N–H and O–H groups in total. The van der Waals surface area contributed by atoms with Crippen LogP contribution in [0.4, 0.5) is 0 Å². The first kappa shape index (κ1) is 18.7. The quantitative estimate of drug-likeness (QED) is 0.753. The molecule has 7 heteroatoms. The van der Waals surface area contributed by atoms with E-state index in [0.717, 1.165) is 6.54 Å². The number of Topliss-reactive ketones (excluding diaryl/α,β-unsaturated/α-hetero) is 1. The topological polar surface area (TPSA) is 76.1 Å². The fraction of sp³-hybridized carbons (Fsp3) is 0.800. The molecule has 3 fully saturated rings. The van der Waals surface area contributed by atoms with Crippen molar-refractivity contribution in [3.63, 3.8) is 0 Å². The predicted octanol–water partition coefficient (Wildman–Crippen LogP) is 0.726. The smallest absolute Gasteiger partial charge is 0.222 e. The number of fused-ring (bicyclic) bond motifs is 1. The lowest BCUT2D eigenvalue weighted by molar-refractivity contribution is -0.132. The third-order valence-corrected chi connectivity index (χ3v) is 6.92. The molecule has 0 saturated carbocycles. The Balaban J connectivity index is 1.35. The molecule has 7 nitrogen and oxygen atoms in total. The first-order valence-electron chi connectivity index (χ1n) is 10.5. The van der Waals surface area contributed by atoms with Gasteiger partial charge in [0, 0.05) is 45.7 Å². The summed E-state index contributed by atoms with van der Waals surface area (Å²) < 4.78 is 0. The van der Waals surface area contributed by atoms with Gasteiger partial charge in [0.1, 0.15) is 6.04 Å². The number of aliphatic hydroxyl groups excluding tert-OH is 1. The van der Waals surface area contributed by atoms with Gasteiger partial charge in [0.2, 0.25) is 11.7 Å². The van der Waals surface area contributed by atoms with Crippen molar-refractivity contribution in [2.75, 3.05) is 45.8 Å². The lowest BCUT2D eigenvalue weighted by atomic mass is 9.83. The number of ketones is 1. The van der Waals surface area contributed by atoms with Crippen molar-refractivity contribution in [3.05, 3.63) is 11.5 Å². The van der Waals surface area contributed by atoms with E-state index in [-0.39, 0.29) is 23.5 Å². The highest BCUT2D eigenvalue weighted by atomic mass is 16.3. The van der Waals surface area contributed by atoms with Crippen molar-refractivity contribution < 1.29 is 14.7 Å². The molecule has 3 atom stereocenters. The Hall–Kier alpha value is -1.60. The predicted molar refractivity (Wildman–Crippen MR) is 102 cm³/mol. The number of nitrogens with one attached hydrogen (secondary N) is 1. The van der Waals surface area contributed by atoms with E-state index >= 15 is 0 Å². The van der Waals surface area contributed by atoms with E-state index in [2.05, 4.69) is 15.1 Å². The van der Waals surface area contributed by atoms with Crippen LogP contribution < -0.4 is 5.32 Å². The Morgan fingerprint density at radius 2 is 1.78 bits per heavy atom. The summed E-state index contributed by atoms with van der Waals surface area (Å²) in [4.78, 5) is 30.3. The molecule has 3 heterocycles. The van der Waals surface area contributed by atoms with E-state index in [1.165, 1.54) is 45.2 Å². The van der Waals surface area contributed by atoms with E-state index in [4.69, 9.17) is 0 Å². The summed E-state index contributed by atoms with van der Waals surface area (Å²) in [5, 5.41) is 13.6. The normalized spacial score (nSPS) is 32.9. The molecule has 0 spiro atoms. The number of hydrogen-bond donors (Lipinski definition) is 2. The highest BCUT2D eigenvalue weighted by Gasteiger charge is 2.45. The summed E-state index contributed by atoms with van der Waals surface area (Å²) in [7, 11) is 0. The largest absolute Gasteiger partial charge is 0.503 e. The molecule has 0 aromatic carbocycles. The Morgan fingerprint density at radius 1 is 1.04 bits per heavy atom. The van der Waals surface area contributed by atoms with E-state index in [9.17, 15) is 14.7 Å². The van der Waals surface area contributed by atoms with Crippen LogP contribution in [0, 0.1) is 5.92 Å². The maximum Gasteiger partial charge on any atom is 0.222 e. The summed E-state index contributed by atoms with van der Waals surface area (Å²) in [5.41, 5.74) is 0.698. The number of nitrogens with zero attached hydrogens (tertiary/aromatic N) is 3. The third-order valence-electron chi connectivity index (χ3n) is 6.92. The molecule has 150 valence electrons. The molecule has 0 aromatic rings. The van der Waals surface area contributed by atoms with Crippen LogP contribution >= 0.6 is 0 Å². The average molecular weight is 377 g/mol. The van der Waals surface area contributed by atoms with Crippen LogP contribution in [-0.2, 0) is 9.59 Å². The van der Waals surface area contributed by atoms with Gasteiger partial charge in [-0.3, -0.25) is 14.5 Å². The minimum absolute atomic E-state index is 0.0839. The van der Waals surface area contributed by atoms with Crippen LogP contribution in [-0.4, -0.2) is 89.4 Å². The molecular weight excluding hydrogens is 344 g/mol. The zero-order valence-corrected chi connectivity index (χ0v) is 16.3. The highest BCUT2D eigenvalue weighted by Crippen LogP contribution is 2.32. The number of carbonyl (C=O) groups excluding carboxylic acids is 2. The van der Waals surface area contributed by atoms with Crippen LogP contribution in [0.5, 0.6) is 0 Å². The van der Waals surface area contributed by atoms with Crippen LogP contribution in [0.15, 0.2) is 11.5 Å². The molecule has 3 unspecified atom stereocenters. The molecule has 0 bridgehead atoms. The second-order valence-electron chi connectivity index (χ2n) is 8.45. The number of aliphatic hydroxyl groups is 1. The molecule has 4 rings (SSSR count). The van der Waals surface area contributed by atoms with Crippen molar-refractivity contribution in [1.82, 2.24) is 20.0 Å². The fourth-order valence-corrected chi connectivity index (χ4v) is 5.33. The lowest BCUT2D eigenvalue weighted by Gasteiger charge is -2.46. The van der Waals surface area contributed by atoms with Crippen molar-refractivity contribution in [1.29, 1.82) is 0 Å². The molecule has 1 amide bonds. The third kappa shape index (κ3) is 3.59. The Labute approximate surface area is 161 Å². The minimum atomic E-state index is -0.356. The first-order valence-corrected chi connectivity index (χ1v) is 10.5. The SMILES string of the molecule is CC(=O)N1CCN(C2C(=O)C(O)=C2NCC2CCCN3CCCCC23)CC1. The van der Waals surface area contributed by atoms with Gasteiger partial charge in [-0.1, -0.05) is 6.42 Å². The van der Waals surface area contributed by atoms with Gasteiger partial charge in [-0.05, 0) is 44.7 Å². The second kappa shape index (κ2) is 7.80. The van der Waals surface area contributed by atoms with E-state index in [1.807, 2.05) is 4.90 Å². The summed E-state index contributed by atoms with van der Waals surface area (Å²) >= 11 is 0. The Bertz CT molecular complexity index is 625. The Morgan fingerprint density at radius 3 is 2.52 bits per heavy atom. The maximum absolute atomic E-state index is 12.3. The van der Waals surface area contributed by atoms with Crippen molar-refractivity contribution >= 4 is 11.7 Å². The number of piperazine rings is 1. The molecule has 0 aromatic heterocycles. The molecule has 0 radical (unpaired) electrons. The summed E-state index contributed by atoms with van der Waals surface area (Å²) in [5.74, 6) is 0.396. The number of amides is 1. The number of carbonyl (C=O) groups is 2. The lowest BCUT2D eigenvalue weighted by Crippen LogP contribution is -2.60. The van der Waals surface area contributed by atoms with Crippen LogP contribution in [0.1, 0.15) is 39.0 Å². The minimum Gasteiger partial charge on any atom is -0.503 e. The molecule has 3 saturated heterocycles. The molecule has 4 aliphatic rings. The average Bonchev–Trinajstić information content (AvgIpc) is 2.70. The van der Waals surface area contributed by atoms with Gasteiger partial charge in [0.05, 0.1) is 5.70 Å². The van der Waals surface area contributed by atoms with Gasteiger partial charge in [-0.25, -0.2) is 0 Å². The van der Waals surface area contributed by atoms with Gasteiger partial charge < -0.3 is 20.2 Å². The molecule has 3 aliphatic heterocycles. The molecule has 1 aliphatic carbocycles. The van der Waals surface area contributed by atoms with Crippen LogP contribution in [0.3, 0.4) is 0 Å². The standard InChI is InChI=1S/C20H32N4O3/c1-14(25)22-9-11-24(12-10-22)18-17(19(26)20(18)27)21-13-15-5-4-8-23-7-3-2-6-16(15)23/h15-16,18,21,26H,2-13H2,1H3. The first-order chi connectivity index (χ1) is 13.1. The summed E-state index contributed by atoms with van der Waals surface area (Å²) in [6.45, 7) is 7.49. The monoisotopic (exact) mass is 376 g/mol. The summed E-state index contributed by atoms with van der Waals surface area (Å²) in [6, 6.07) is 0.293. The van der Waals surface area contributed by atoms with Gasteiger partial charge in [0.15, 0.2) is 5.76 Å². The van der Waals surface area contributed by atoms with E-state index < -0.39 is 0 Å². The second-order valence-corrected chi connectivity index (χ2v) is 8.45. The number of rotatable bonds is 4. The van der Waals surface area contributed by atoms with Crippen LogP contribution in [0.25, 0.3) is 0 Å². The van der Waals surface area contributed by atoms with Crippen LogP contribution in [0.2, 0.25) is 0 Å². The number of piperidine rings is 2. The zero-order chi connectivity index (χ0) is 19.0. The van der Waals surface area contributed by atoms with Gasteiger partial charge in [-0.15, -0.1) is 0 Å². The maximum atomic E-state index is 12.3. The highest BCUT2D eigenvalue weighted by molar-refractivity contribution is 6.07.